The summed E-state index contributed by atoms with van der Waals surface area (Å²) in [6.45, 7) is 6.01. The molecular weight excluding hydrogens is 236 g/mol. The summed E-state index contributed by atoms with van der Waals surface area (Å²) in [7, 11) is 0. The van der Waals surface area contributed by atoms with Gasteiger partial charge in [0.1, 0.15) is 0 Å². The van der Waals surface area contributed by atoms with Crippen LogP contribution < -0.4 is 5.73 Å². The third-order valence-corrected chi connectivity index (χ3v) is 5.35. The van der Waals surface area contributed by atoms with Crippen molar-refractivity contribution in [2.45, 2.75) is 64.3 Å². The zero-order valence-electron chi connectivity index (χ0n) is 12.6. The van der Waals surface area contributed by atoms with Crippen molar-refractivity contribution in [1.82, 2.24) is 4.90 Å². The van der Waals surface area contributed by atoms with Crippen molar-refractivity contribution in [3.05, 3.63) is 0 Å². The van der Waals surface area contributed by atoms with Gasteiger partial charge in [0.25, 0.3) is 0 Å². The Balaban J connectivity index is 1.93. The molecule has 3 nitrogen and oxygen atoms in total. The van der Waals surface area contributed by atoms with Gasteiger partial charge in [-0.05, 0) is 62.9 Å². The van der Waals surface area contributed by atoms with Crippen LogP contribution in [-0.2, 0) is 0 Å². The average Bonchev–Trinajstić information content (AvgIpc) is 2.83. The maximum absolute atomic E-state index is 9.03. The van der Waals surface area contributed by atoms with Crippen molar-refractivity contribution in [3.63, 3.8) is 0 Å². The van der Waals surface area contributed by atoms with Gasteiger partial charge in [0.2, 0.25) is 0 Å². The Morgan fingerprint density at radius 3 is 2.84 bits per heavy atom. The molecule has 0 bridgehead atoms. The molecule has 1 heterocycles. The second-order valence-corrected chi connectivity index (χ2v) is 7.04. The van der Waals surface area contributed by atoms with Gasteiger partial charge in [-0.25, -0.2) is 0 Å². The van der Waals surface area contributed by atoms with Gasteiger partial charge in [-0.15, -0.1) is 0 Å². The standard InChI is InChI=1S/C16H32N2O/c1-14-5-2-8-16(11-14,12-17)13-18-9-3-6-15(18)7-4-10-19/h14-15,19H,2-13,17H2,1H3. The highest BCUT2D eigenvalue weighted by molar-refractivity contribution is 4.92. The van der Waals surface area contributed by atoms with Gasteiger partial charge in [0, 0.05) is 19.2 Å². The van der Waals surface area contributed by atoms with E-state index in [0.717, 1.165) is 25.3 Å². The van der Waals surface area contributed by atoms with Crippen molar-refractivity contribution in [2.24, 2.45) is 17.1 Å². The smallest absolute Gasteiger partial charge is 0.0431 e. The largest absolute Gasteiger partial charge is 0.396 e. The summed E-state index contributed by atoms with van der Waals surface area (Å²) in [5.41, 5.74) is 6.53. The number of aliphatic hydroxyl groups is 1. The van der Waals surface area contributed by atoms with Gasteiger partial charge in [-0.3, -0.25) is 4.90 Å². The second kappa shape index (κ2) is 7.05. The van der Waals surface area contributed by atoms with Crippen molar-refractivity contribution in [1.29, 1.82) is 0 Å². The van der Waals surface area contributed by atoms with Crippen molar-refractivity contribution >= 4 is 0 Å². The van der Waals surface area contributed by atoms with Crippen LogP contribution in [0.3, 0.4) is 0 Å². The number of likely N-dealkylation sites (tertiary alicyclic amines) is 1. The monoisotopic (exact) mass is 268 g/mol. The van der Waals surface area contributed by atoms with Crippen LogP contribution in [0.1, 0.15) is 58.3 Å². The lowest BCUT2D eigenvalue weighted by molar-refractivity contribution is 0.0780. The molecule has 3 N–H and O–H groups in total. The summed E-state index contributed by atoms with van der Waals surface area (Å²) in [4.78, 5) is 2.68. The quantitative estimate of drug-likeness (QED) is 0.777. The van der Waals surface area contributed by atoms with E-state index in [0.29, 0.717) is 18.1 Å². The molecule has 0 aromatic rings. The Labute approximate surface area is 118 Å². The van der Waals surface area contributed by atoms with Crippen LogP contribution in [0.5, 0.6) is 0 Å². The highest BCUT2D eigenvalue weighted by Crippen LogP contribution is 2.40. The van der Waals surface area contributed by atoms with Crippen LogP contribution in [-0.4, -0.2) is 42.3 Å². The minimum Gasteiger partial charge on any atom is -0.396 e. The Kier molecular flexibility index (Phi) is 5.67. The molecule has 2 rings (SSSR count). The molecule has 1 aliphatic heterocycles. The molecule has 3 unspecified atom stereocenters. The Morgan fingerprint density at radius 1 is 1.32 bits per heavy atom. The summed E-state index contributed by atoms with van der Waals surface area (Å²) in [5, 5.41) is 9.03. The van der Waals surface area contributed by atoms with Crippen molar-refractivity contribution in [2.75, 3.05) is 26.2 Å². The molecule has 0 spiro atoms. The van der Waals surface area contributed by atoms with Gasteiger partial charge in [0.15, 0.2) is 0 Å². The third kappa shape index (κ3) is 3.93. The van der Waals surface area contributed by atoms with E-state index in [1.54, 1.807) is 0 Å². The minimum atomic E-state index is 0.337. The van der Waals surface area contributed by atoms with Gasteiger partial charge in [-0.2, -0.15) is 0 Å². The first kappa shape index (κ1) is 15.3. The number of nitrogens with two attached hydrogens (primary N) is 1. The van der Waals surface area contributed by atoms with Gasteiger partial charge >= 0.3 is 0 Å². The first-order chi connectivity index (χ1) is 9.19. The lowest BCUT2D eigenvalue weighted by Crippen LogP contribution is -2.46. The fourth-order valence-corrected chi connectivity index (χ4v) is 4.35. The van der Waals surface area contributed by atoms with Gasteiger partial charge < -0.3 is 10.8 Å². The summed E-state index contributed by atoms with van der Waals surface area (Å²) in [6, 6.07) is 0.702. The number of rotatable bonds is 6. The maximum atomic E-state index is 9.03. The average molecular weight is 268 g/mol. The zero-order valence-corrected chi connectivity index (χ0v) is 12.6. The van der Waals surface area contributed by atoms with Crippen molar-refractivity contribution < 1.29 is 5.11 Å². The van der Waals surface area contributed by atoms with E-state index in [4.69, 9.17) is 10.8 Å². The summed E-state index contributed by atoms with van der Waals surface area (Å²) >= 11 is 0. The van der Waals surface area contributed by atoms with Crippen LogP contribution in [0.25, 0.3) is 0 Å². The van der Waals surface area contributed by atoms with E-state index in [2.05, 4.69) is 11.8 Å². The summed E-state index contributed by atoms with van der Waals surface area (Å²) in [5.74, 6) is 0.843. The third-order valence-electron chi connectivity index (χ3n) is 5.35. The number of aliphatic hydroxyl groups excluding tert-OH is 1. The maximum Gasteiger partial charge on any atom is 0.0431 e. The van der Waals surface area contributed by atoms with Crippen LogP contribution in [0.2, 0.25) is 0 Å². The summed E-state index contributed by atoms with van der Waals surface area (Å²) < 4.78 is 0. The van der Waals surface area contributed by atoms with E-state index in [1.807, 2.05) is 0 Å². The molecule has 3 atom stereocenters. The molecule has 2 fully saturated rings. The molecule has 0 amide bonds. The fraction of sp³-hybridized carbons (Fsp3) is 1.00. The van der Waals surface area contributed by atoms with E-state index >= 15 is 0 Å². The molecule has 1 aliphatic carbocycles. The predicted octanol–water partition coefficient (Wildman–Crippen LogP) is 2.38. The normalized spacial score (nSPS) is 36.8. The SMILES string of the molecule is CC1CCCC(CN)(CN2CCCC2CCCO)C1. The molecule has 19 heavy (non-hydrogen) atoms. The fourth-order valence-electron chi connectivity index (χ4n) is 4.35. The highest BCUT2D eigenvalue weighted by atomic mass is 16.2. The summed E-state index contributed by atoms with van der Waals surface area (Å²) in [6.07, 6.45) is 10.1. The molecule has 1 saturated heterocycles. The highest BCUT2D eigenvalue weighted by Gasteiger charge is 2.37. The van der Waals surface area contributed by atoms with E-state index in [9.17, 15) is 0 Å². The number of hydrogen-bond donors (Lipinski definition) is 2. The van der Waals surface area contributed by atoms with Crippen LogP contribution in [0, 0.1) is 11.3 Å². The first-order valence-corrected chi connectivity index (χ1v) is 8.24. The number of nitrogens with zero attached hydrogens (tertiary/aromatic N) is 1. The second-order valence-electron chi connectivity index (χ2n) is 7.04. The van der Waals surface area contributed by atoms with E-state index < -0.39 is 0 Å². The molecule has 2 aliphatic rings. The van der Waals surface area contributed by atoms with E-state index in [1.165, 1.54) is 51.6 Å². The van der Waals surface area contributed by atoms with Crippen LogP contribution in [0.4, 0.5) is 0 Å². The lowest BCUT2D eigenvalue weighted by atomic mass is 9.69. The molecule has 0 aromatic heterocycles. The van der Waals surface area contributed by atoms with Gasteiger partial charge in [-0.1, -0.05) is 19.8 Å². The molecular formula is C16H32N2O. The number of hydrogen-bond acceptors (Lipinski definition) is 3. The Hall–Kier alpha value is -0.120. The minimum absolute atomic E-state index is 0.337. The molecule has 0 aromatic carbocycles. The molecule has 0 radical (unpaired) electrons. The van der Waals surface area contributed by atoms with Crippen LogP contribution in [0.15, 0.2) is 0 Å². The van der Waals surface area contributed by atoms with Crippen molar-refractivity contribution in [3.8, 4) is 0 Å². The first-order valence-electron chi connectivity index (χ1n) is 8.24. The molecule has 112 valence electrons. The van der Waals surface area contributed by atoms with E-state index in [-0.39, 0.29) is 0 Å². The Bertz CT molecular complexity index is 271. The van der Waals surface area contributed by atoms with Crippen LogP contribution >= 0.6 is 0 Å². The van der Waals surface area contributed by atoms with Gasteiger partial charge in [0.05, 0.1) is 0 Å². The Morgan fingerprint density at radius 2 is 2.16 bits per heavy atom. The zero-order chi connectivity index (χ0) is 13.7. The predicted molar refractivity (Wildman–Crippen MR) is 80.0 cm³/mol. The molecule has 1 saturated carbocycles. The lowest BCUT2D eigenvalue weighted by Gasteiger charge is -2.43. The topological polar surface area (TPSA) is 49.5 Å². The molecule has 3 heteroatoms.